The molecular weight excluding hydrogens is 246 g/mol. The van der Waals surface area contributed by atoms with Crippen molar-refractivity contribution in [3.8, 4) is 0 Å². The number of nitrogens with two attached hydrogens (primary N) is 1. The maximum absolute atomic E-state index is 6.36. The molecule has 0 saturated heterocycles. The predicted molar refractivity (Wildman–Crippen MR) is 76.6 cm³/mol. The minimum Gasteiger partial charge on any atom is -0.384 e. The van der Waals surface area contributed by atoms with Gasteiger partial charge in [0.15, 0.2) is 0 Å². The van der Waals surface area contributed by atoms with Crippen LogP contribution in [0.3, 0.4) is 0 Å². The molecule has 4 heteroatoms. The molecular formula is C14H14ClN3. The van der Waals surface area contributed by atoms with Crippen LogP contribution in [0.4, 0.5) is 5.82 Å². The molecule has 0 saturated carbocycles. The van der Waals surface area contributed by atoms with Crippen LogP contribution in [0.2, 0.25) is 5.02 Å². The molecule has 1 aliphatic heterocycles. The number of fused-ring (bicyclic) bond motifs is 1. The van der Waals surface area contributed by atoms with Crippen LogP contribution in [0.1, 0.15) is 12.0 Å². The summed E-state index contributed by atoms with van der Waals surface area (Å²) in [6, 6.07) is 5.95. The average molecular weight is 260 g/mol. The van der Waals surface area contributed by atoms with Gasteiger partial charge in [-0.3, -0.25) is 0 Å². The highest BCUT2D eigenvalue weighted by Crippen LogP contribution is 2.31. The molecule has 2 aromatic rings. The number of aromatic nitrogens is 1. The monoisotopic (exact) mass is 259 g/mol. The van der Waals surface area contributed by atoms with E-state index in [-0.39, 0.29) is 0 Å². The molecule has 2 heterocycles. The molecule has 18 heavy (non-hydrogen) atoms. The van der Waals surface area contributed by atoms with Crippen LogP contribution >= 0.6 is 11.6 Å². The van der Waals surface area contributed by atoms with Crippen molar-refractivity contribution in [1.29, 1.82) is 0 Å². The van der Waals surface area contributed by atoms with Gasteiger partial charge in [-0.15, -0.1) is 0 Å². The number of benzene rings is 1. The molecule has 0 atom stereocenters. The highest BCUT2D eigenvalue weighted by molar-refractivity contribution is 6.33. The molecule has 0 amide bonds. The Morgan fingerprint density at radius 3 is 2.89 bits per heavy atom. The molecule has 1 aromatic heterocycles. The number of anilines is 1. The van der Waals surface area contributed by atoms with Crippen molar-refractivity contribution in [2.45, 2.75) is 6.42 Å². The van der Waals surface area contributed by atoms with Gasteiger partial charge in [0.25, 0.3) is 0 Å². The fraction of sp³-hybridized carbons (Fsp3) is 0.214. The maximum atomic E-state index is 6.36. The summed E-state index contributed by atoms with van der Waals surface area (Å²) in [4.78, 5) is 4.09. The lowest BCUT2D eigenvalue weighted by Gasteiger charge is -2.16. The summed E-state index contributed by atoms with van der Waals surface area (Å²) < 4.78 is 0. The van der Waals surface area contributed by atoms with Crippen LogP contribution in [-0.2, 0) is 0 Å². The van der Waals surface area contributed by atoms with E-state index in [9.17, 15) is 0 Å². The van der Waals surface area contributed by atoms with Crippen LogP contribution < -0.4 is 11.1 Å². The molecule has 0 aliphatic carbocycles. The molecule has 0 spiro atoms. The Hall–Kier alpha value is -1.58. The largest absolute Gasteiger partial charge is 0.384 e. The number of nitrogens with one attached hydrogen (secondary N) is 1. The van der Waals surface area contributed by atoms with Gasteiger partial charge in [-0.25, -0.2) is 4.98 Å². The Morgan fingerprint density at radius 1 is 1.22 bits per heavy atom. The van der Waals surface area contributed by atoms with E-state index in [0.29, 0.717) is 5.82 Å². The van der Waals surface area contributed by atoms with Crippen molar-refractivity contribution in [3.05, 3.63) is 41.1 Å². The number of nitrogen functional groups attached to an aromatic ring is 1. The van der Waals surface area contributed by atoms with Gasteiger partial charge in [0, 0.05) is 23.2 Å². The Balaban J connectivity index is 2.16. The second kappa shape index (κ2) is 4.59. The lowest BCUT2D eigenvalue weighted by atomic mass is 9.98. The zero-order valence-corrected chi connectivity index (χ0v) is 10.7. The summed E-state index contributed by atoms with van der Waals surface area (Å²) in [5, 5.41) is 6.19. The fourth-order valence-corrected chi connectivity index (χ4v) is 2.59. The van der Waals surface area contributed by atoms with E-state index >= 15 is 0 Å². The van der Waals surface area contributed by atoms with Gasteiger partial charge >= 0.3 is 0 Å². The van der Waals surface area contributed by atoms with Gasteiger partial charge in [0.1, 0.15) is 5.82 Å². The third-order valence-electron chi connectivity index (χ3n) is 3.24. The molecule has 1 aromatic carbocycles. The molecule has 0 fully saturated rings. The van der Waals surface area contributed by atoms with Gasteiger partial charge in [0.05, 0.1) is 0 Å². The van der Waals surface area contributed by atoms with Crippen LogP contribution in [0.15, 0.2) is 30.5 Å². The van der Waals surface area contributed by atoms with Gasteiger partial charge in [-0.05, 0) is 47.7 Å². The van der Waals surface area contributed by atoms with Crippen molar-refractivity contribution in [3.63, 3.8) is 0 Å². The van der Waals surface area contributed by atoms with Crippen molar-refractivity contribution in [1.82, 2.24) is 10.3 Å². The third-order valence-corrected chi connectivity index (χ3v) is 3.55. The summed E-state index contributed by atoms with van der Waals surface area (Å²) in [6.45, 7) is 1.90. The molecule has 3 N–H and O–H groups in total. The number of hydrogen-bond donors (Lipinski definition) is 2. The average Bonchev–Trinajstić information content (AvgIpc) is 2.39. The Kier molecular flexibility index (Phi) is 2.94. The minimum absolute atomic E-state index is 0.537. The van der Waals surface area contributed by atoms with Gasteiger partial charge in [0.2, 0.25) is 0 Å². The first kappa shape index (κ1) is 11.5. The molecule has 0 unspecified atom stereocenters. The molecule has 0 radical (unpaired) electrons. The van der Waals surface area contributed by atoms with E-state index in [1.54, 1.807) is 6.20 Å². The molecule has 3 rings (SSSR count). The second-order valence-corrected chi connectivity index (χ2v) is 4.88. The predicted octanol–water partition coefficient (Wildman–Crippen LogP) is 2.85. The number of rotatable bonds is 1. The molecule has 1 aliphatic rings. The molecule has 92 valence electrons. The van der Waals surface area contributed by atoms with Crippen molar-refractivity contribution < 1.29 is 0 Å². The summed E-state index contributed by atoms with van der Waals surface area (Å²) in [5.41, 5.74) is 8.13. The first-order valence-electron chi connectivity index (χ1n) is 5.99. The highest BCUT2D eigenvalue weighted by Gasteiger charge is 2.11. The van der Waals surface area contributed by atoms with Gasteiger partial charge in [-0.1, -0.05) is 17.7 Å². The number of pyridine rings is 1. The van der Waals surface area contributed by atoms with E-state index in [4.69, 9.17) is 17.3 Å². The van der Waals surface area contributed by atoms with E-state index in [1.807, 2.05) is 12.1 Å². The normalized spacial score (nSPS) is 15.7. The third kappa shape index (κ3) is 2.07. The van der Waals surface area contributed by atoms with E-state index in [2.05, 4.69) is 22.4 Å². The second-order valence-electron chi connectivity index (χ2n) is 4.47. The number of hydrogen-bond acceptors (Lipinski definition) is 3. The van der Waals surface area contributed by atoms with Crippen molar-refractivity contribution >= 4 is 33.8 Å². The molecule has 3 nitrogen and oxygen atoms in total. The minimum atomic E-state index is 0.537. The zero-order valence-electron chi connectivity index (χ0n) is 9.91. The van der Waals surface area contributed by atoms with Crippen LogP contribution in [0, 0.1) is 0 Å². The fourth-order valence-electron chi connectivity index (χ4n) is 2.30. The molecule has 0 bridgehead atoms. The number of halogens is 1. The van der Waals surface area contributed by atoms with Gasteiger partial charge in [-0.2, -0.15) is 0 Å². The van der Waals surface area contributed by atoms with E-state index < -0.39 is 0 Å². The first-order valence-corrected chi connectivity index (χ1v) is 6.37. The summed E-state index contributed by atoms with van der Waals surface area (Å²) in [6.07, 6.45) is 4.96. The van der Waals surface area contributed by atoms with Crippen LogP contribution in [-0.4, -0.2) is 18.1 Å². The first-order chi connectivity index (χ1) is 8.74. The SMILES string of the molecule is Nc1cc2cc(C3=CCNCC3)c(Cl)cc2cn1. The quantitative estimate of drug-likeness (QED) is 0.828. The van der Waals surface area contributed by atoms with Crippen LogP contribution in [0.25, 0.3) is 16.3 Å². The lowest BCUT2D eigenvalue weighted by Crippen LogP contribution is -2.20. The summed E-state index contributed by atoms with van der Waals surface area (Å²) >= 11 is 6.36. The summed E-state index contributed by atoms with van der Waals surface area (Å²) in [5.74, 6) is 0.537. The van der Waals surface area contributed by atoms with Crippen molar-refractivity contribution in [2.24, 2.45) is 0 Å². The smallest absolute Gasteiger partial charge is 0.123 e. The van der Waals surface area contributed by atoms with Crippen LogP contribution in [0.5, 0.6) is 0 Å². The maximum Gasteiger partial charge on any atom is 0.123 e. The van der Waals surface area contributed by atoms with Gasteiger partial charge < -0.3 is 11.1 Å². The Morgan fingerprint density at radius 2 is 2.11 bits per heavy atom. The number of nitrogens with zero attached hydrogens (tertiary/aromatic N) is 1. The Labute approximate surface area is 111 Å². The zero-order chi connectivity index (χ0) is 12.5. The van der Waals surface area contributed by atoms with E-state index in [0.717, 1.165) is 40.9 Å². The topological polar surface area (TPSA) is 50.9 Å². The summed E-state index contributed by atoms with van der Waals surface area (Å²) in [7, 11) is 0. The standard InChI is InChI=1S/C14H14ClN3/c15-13-6-11-8-18-14(16)7-10(11)5-12(13)9-1-3-17-4-2-9/h1,5-8,17H,2-4H2,(H2,16,18). The van der Waals surface area contributed by atoms with E-state index in [1.165, 1.54) is 5.57 Å². The Bertz CT molecular complexity index is 634. The lowest BCUT2D eigenvalue weighted by molar-refractivity contribution is 0.739. The van der Waals surface area contributed by atoms with Crippen molar-refractivity contribution in [2.75, 3.05) is 18.8 Å². The highest BCUT2D eigenvalue weighted by atomic mass is 35.5.